The number of hydrogen-bond acceptors (Lipinski definition) is 7. The fourth-order valence-electron chi connectivity index (χ4n) is 2.72. The van der Waals surface area contributed by atoms with E-state index in [1.54, 1.807) is 19.5 Å². The van der Waals surface area contributed by atoms with Crippen LogP contribution < -0.4 is 15.4 Å². The summed E-state index contributed by atoms with van der Waals surface area (Å²) >= 11 is 0. The summed E-state index contributed by atoms with van der Waals surface area (Å²) in [6.07, 6.45) is 3.45. The first-order valence-electron chi connectivity index (χ1n) is 9.17. The average molecular weight is 379 g/mol. The number of methoxy groups -OCH3 is 1. The quantitative estimate of drug-likeness (QED) is 0.549. The number of rotatable bonds is 8. The molecule has 0 fully saturated rings. The van der Waals surface area contributed by atoms with E-state index in [2.05, 4.69) is 25.6 Å². The van der Waals surface area contributed by atoms with Gasteiger partial charge in [-0.25, -0.2) is 4.98 Å². The smallest absolute Gasteiger partial charge is 0.225 e. The number of aromatic nitrogens is 3. The molecule has 0 saturated heterocycles. The third kappa shape index (κ3) is 4.75. The van der Waals surface area contributed by atoms with Crippen molar-refractivity contribution >= 4 is 17.5 Å². The van der Waals surface area contributed by atoms with Gasteiger partial charge >= 0.3 is 0 Å². The molecule has 2 heterocycles. The van der Waals surface area contributed by atoms with Crippen LogP contribution in [0.4, 0.5) is 17.5 Å². The van der Waals surface area contributed by atoms with E-state index in [-0.39, 0.29) is 18.6 Å². The second-order valence-corrected chi connectivity index (χ2v) is 6.70. The Morgan fingerprint density at radius 3 is 2.50 bits per heavy atom. The van der Waals surface area contributed by atoms with Crippen LogP contribution in [0.5, 0.6) is 5.75 Å². The Labute approximate surface area is 164 Å². The van der Waals surface area contributed by atoms with Crippen LogP contribution in [-0.4, -0.2) is 39.8 Å². The van der Waals surface area contributed by atoms with Crippen molar-refractivity contribution < 1.29 is 9.84 Å². The molecule has 0 saturated carbocycles. The lowest BCUT2D eigenvalue weighted by Gasteiger charge is -2.21. The summed E-state index contributed by atoms with van der Waals surface area (Å²) in [7, 11) is 1.63. The Kier molecular flexibility index (Phi) is 6.39. The van der Waals surface area contributed by atoms with Crippen LogP contribution >= 0.6 is 0 Å². The molecule has 0 spiro atoms. The molecule has 3 aromatic rings. The zero-order valence-corrected chi connectivity index (χ0v) is 16.3. The third-order valence-electron chi connectivity index (χ3n) is 4.39. The standard InChI is InChI=1S/C21H25N5O2/c1-14(2)18(13-27)25-21-24-17(15-8-10-22-11-9-15)12-20(26-21)23-16-6-4-5-7-19(16)28-3/h4-12,14,18,27H,13H2,1-3H3,(H2,23,24,25,26)/t18-/m0/s1. The molecule has 0 unspecified atom stereocenters. The number of para-hydroxylation sites is 2. The highest BCUT2D eigenvalue weighted by molar-refractivity contribution is 5.69. The predicted octanol–water partition coefficient (Wildman–Crippen LogP) is 3.72. The fraction of sp³-hybridized carbons (Fsp3) is 0.286. The van der Waals surface area contributed by atoms with E-state index in [9.17, 15) is 5.11 Å². The van der Waals surface area contributed by atoms with Gasteiger partial charge in [-0.2, -0.15) is 4.98 Å². The van der Waals surface area contributed by atoms with Crippen LogP contribution in [-0.2, 0) is 0 Å². The molecule has 2 aromatic heterocycles. The van der Waals surface area contributed by atoms with E-state index in [4.69, 9.17) is 4.74 Å². The highest BCUT2D eigenvalue weighted by Crippen LogP contribution is 2.28. The van der Waals surface area contributed by atoms with Gasteiger partial charge in [0.05, 0.1) is 31.1 Å². The van der Waals surface area contributed by atoms with Gasteiger partial charge in [0.15, 0.2) is 0 Å². The zero-order chi connectivity index (χ0) is 19.9. The molecule has 0 amide bonds. The Hall–Kier alpha value is -3.19. The lowest BCUT2D eigenvalue weighted by molar-refractivity contribution is 0.248. The second kappa shape index (κ2) is 9.14. The first kappa shape index (κ1) is 19.6. The highest BCUT2D eigenvalue weighted by atomic mass is 16.5. The lowest BCUT2D eigenvalue weighted by Crippen LogP contribution is -2.30. The number of ether oxygens (including phenoxy) is 1. The summed E-state index contributed by atoms with van der Waals surface area (Å²) in [5, 5.41) is 16.2. The van der Waals surface area contributed by atoms with Gasteiger partial charge in [0.2, 0.25) is 5.95 Å². The number of nitrogens with zero attached hydrogens (tertiary/aromatic N) is 3. The summed E-state index contributed by atoms with van der Waals surface area (Å²) in [6, 6.07) is 13.2. The van der Waals surface area contributed by atoms with Crippen molar-refractivity contribution in [2.45, 2.75) is 19.9 Å². The summed E-state index contributed by atoms with van der Waals surface area (Å²) < 4.78 is 5.41. The third-order valence-corrected chi connectivity index (χ3v) is 4.39. The van der Waals surface area contributed by atoms with Crippen LogP contribution in [0.15, 0.2) is 54.9 Å². The first-order valence-corrected chi connectivity index (χ1v) is 9.17. The van der Waals surface area contributed by atoms with Crippen molar-refractivity contribution in [3.8, 4) is 17.0 Å². The minimum atomic E-state index is -0.146. The topological polar surface area (TPSA) is 92.2 Å². The summed E-state index contributed by atoms with van der Waals surface area (Å²) in [5.41, 5.74) is 2.48. The van der Waals surface area contributed by atoms with Crippen LogP contribution in [0.3, 0.4) is 0 Å². The van der Waals surface area contributed by atoms with Crippen molar-refractivity contribution in [1.29, 1.82) is 0 Å². The van der Waals surface area contributed by atoms with Crippen molar-refractivity contribution in [2.24, 2.45) is 5.92 Å². The fourth-order valence-corrected chi connectivity index (χ4v) is 2.72. The average Bonchev–Trinajstić information content (AvgIpc) is 2.72. The van der Waals surface area contributed by atoms with Crippen LogP contribution in [0.2, 0.25) is 0 Å². The van der Waals surface area contributed by atoms with Crippen molar-refractivity contribution in [3.63, 3.8) is 0 Å². The van der Waals surface area contributed by atoms with E-state index >= 15 is 0 Å². The van der Waals surface area contributed by atoms with E-state index in [1.165, 1.54) is 0 Å². The predicted molar refractivity (Wildman–Crippen MR) is 111 cm³/mol. The van der Waals surface area contributed by atoms with E-state index in [0.29, 0.717) is 11.8 Å². The molecule has 7 heteroatoms. The number of aliphatic hydroxyl groups excluding tert-OH is 1. The van der Waals surface area contributed by atoms with Crippen LogP contribution in [0.1, 0.15) is 13.8 Å². The van der Waals surface area contributed by atoms with E-state index in [0.717, 1.165) is 22.7 Å². The molecule has 28 heavy (non-hydrogen) atoms. The molecular weight excluding hydrogens is 354 g/mol. The van der Waals surface area contributed by atoms with E-state index < -0.39 is 0 Å². The largest absolute Gasteiger partial charge is 0.495 e. The monoisotopic (exact) mass is 379 g/mol. The number of pyridine rings is 1. The molecule has 0 bridgehead atoms. The van der Waals surface area contributed by atoms with Gasteiger partial charge in [-0.15, -0.1) is 0 Å². The molecule has 3 rings (SSSR count). The maximum absolute atomic E-state index is 9.66. The van der Waals surface area contributed by atoms with Gasteiger partial charge in [0.25, 0.3) is 0 Å². The Morgan fingerprint density at radius 1 is 1.07 bits per heavy atom. The molecule has 0 aliphatic carbocycles. The number of nitrogens with one attached hydrogen (secondary N) is 2. The van der Waals surface area contributed by atoms with Gasteiger partial charge in [-0.3, -0.25) is 4.98 Å². The number of aliphatic hydroxyl groups is 1. The van der Waals surface area contributed by atoms with Crippen molar-refractivity contribution in [2.75, 3.05) is 24.4 Å². The first-order chi connectivity index (χ1) is 13.6. The van der Waals surface area contributed by atoms with Gasteiger partial charge in [0, 0.05) is 24.0 Å². The molecule has 1 aromatic carbocycles. The van der Waals surface area contributed by atoms with Crippen LogP contribution in [0, 0.1) is 5.92 Å². The minimum Gasteiger partial charge on any atom is -0.495 e. The van der Waals surface area contributed by atoms with Gasteiger partial charge in [-0.1, -0.05) is 26.0 Å². The Bertz CT molecular complexity index is 902. The van der Waals surface area contributed by atoms with Crippen molar-refractivity contribution in [3.05, 3.63) is 54.9 Å². The molecule has 0 aliphatic rings. The Morgan fingerprint density at radius 2 is 1.82 bits per heavy atom. The Balaban J connectivity index is 1.99. The second-order valence-electron chi connectivity index (χ2n) is 6.70. The molecule has 0 radical (unpaired) electrons. The summed E-state index contributed by atoms with van der Waals surface area (Å²) in [5.74, 6) is 2.01. The maximum atomic E-state index is 9.66. The van der Waals surface area contributed by atoms with Gasteiger partial charge in [0.1, 0.15) is 11.6 Å². The highest BCUT2D eigenvalue weighted by Gasteiger charge is 2.15. The zero-order valence-electron chi connectivity index (χ0n) is 16.3. The summed E-state index contributed by atoms with van der Waals surface area (Å²) in [4.78, 5) is 13.3. The normalized spacial score (nSPS) is 11.9. The lowest BCUT2D eigenvalue weighted by atomic mass is 10.1. The molecular formula is C21H25N5O2. The molecule has 7 nitrogen and oxygen atoms in total. The minimum absolute atomic E-state index is 0.00419. The van der Waals surface area contributed by atoms with Gasteiger partial charge < -0.3 is 20.5 Å². The van der Waals surface area contributed by atoms with E-state index in [1.807, 2.05) is 56.3 Å². The molecule has 0 aliphatic heterocycles. The number of benzene rings is 1. The molecule has 146 valence electrons. The summed E-state index contributed by atoms with van der Waals surface area (Å²) in [6.45, 7) is 4.07. The number of anilines is 3. The van der Waals surface area contributed by atoms with Crippen molar-refractivity contribution in [1.82, 2.24) is 15.0 Å². The molecule has 1 atom stereocenters. The van der Waals surface area contributed by atoms with Crippen LogP contribution in [0.25, 0.3) is 11.3 Å². The van der Waals surface area contributed by atoms with Gasteiger partial charge in [-0.05, 0) is 30.2 Å². The maximum Gasteiger partial charge on any atom is 0.225 e. The number of hydrogen-bond donors (Lipinski definition) is 3. The molecule has 3 N–H and O–H groups in total. The SMILES string of the molecule is COc1ccccc1Nc1cc(-c2ccncc2)nc(N[C@@H](CO)C(C)C)n1.